The number of carboxylic acid groups (broad SMARTS) is 1. The van der Waals surface area contributed by atoms with Gasteiger partial charge < -0.3 is 15.7 Å². The molecule has 0 fully saturated rings. The fourth-order valence-electron chi connectivity index (χ4n) is 1.23. The maximum atomic E-state index is 11.8. The zero-order valence-corrected chi connectivity index (χ0v) is 12.3. The summed E-state index contributed by atoms with van der Waals surface area (Å²) < 4.78 is 0. The first-order valence-electron chi connectivity index (χ1n) is 6.32. The van der Waals surface area contributed by atoms with Gasteiger partial charge in [-0.2, -0.15) is 0 Å². The Kier molecular flexibility index (Phi) is 5.80. The van der Waals surface area contributed by atoms with Gasteiger partial charge in [-0.05, 0) is 41.0 Å². The molecule has 1 amide bonds. The zero-order valence-electron chi connectivity index (χ0n) is 12.3. The Labute approximate surface area is 109 Å². The summed E-state index contributed by atoms with van der Waals surface area (Å²) in [4.78, 5) is 23.0. The summed E-state index contributed by atoms with van der Waals surface area (Å²) in [7, 11) is 0. The fourth-order valence-corrected chi connectivity index (χ4v) is 1.23. The summed E-state index contributed by atoms with van der Waals surface area (Å²) in [5.41, 5.74) is -1.84. The molecule has 106 valence electrons. The minimum atomic E-state index is -1.03. The van der Waals surface area contributed by atoms with Crippen molar-refractivity contribution in [2.24, 2.45) is 5.41 Å². The summed E-state index contributed by atoms with van der Waals surface area (Å²) in [6.07, 6.45) is 0.942. The molecule has 0 aromatic rings. The highest BCUT2D eigenvalue weighted by molar-refractivity contribution is 5.81. The Morgan fingerprint density at radius 3 is 2.11 bits per heavy atom. The highest BCUT2D eigenvalue weighted by Gasteiger charge is 2.44. The molecule has 0 rings (SSSR count). The average Bonchev–Trinajstić information content (AvgIpc) is 2.24. The van der Waals surface area contributed by atoms with Gasteiger partial charge in [0.05, 0.1) is 17.5 Å². The van der Waals surface area contributed by atoms with E-state index in [1.165, 1.54) is 0 Å². The van der Waals surface area contributed by atoms with Crippen LogP contribution in [0.3, 0.4) is 0 Å². The molecular formula is C13H26N2O3. The fraction of sp³-hybridized carbons (Fsp3) is 0.846. The number of amides is 1. The van der Waals surface area contributed by atoms with E-state index in [9.17, 15) is 14.7 Å². The molecule has 0 aliphatic rings. The van der Waals surface area contributed by atoms with Crippen molar-refractivity contribution in [1.29, 1.82) is 0 Å². The van der Waals surface area contributed by atoms with Crippen LogP contribution in [0.15, 0.2) is 0 Å². The number of nitrogens with one attached hydrogen (secondary N) is 2. The molecule has 1 atom stereocenters. The first-order chi connectivity index (χ1) is 8.04. The highest BCUT2D eigenvalue weighted by Crippen LogP contribution is 2.30. The van der Waals surface area contributed by atoms with Crippen LogP contribution in [0.2, 0.25) is 0 Å². The average molecular weight is 258 g/mol. The van der Waals surface area contributed by atoms with E-state index in [1.54, 1.807) is 27.7 Å². The van der Waals surface area contributed by atoms with Gasteiger partial charge in [0.25, 0.3) is 0 Å². The van der Waals surface area contributed by atoms with Crippen molar-refractivity contribution in [3.63, 3.8) is 0 Å². The molecule has 0 aliphatic heterocycles. The smallest absolute Gasteiger partial charge is 0.311 e. The second-order valence-corrected chi connectivity index (χ2v) is 5.79. The Morgan fingerprint density at radius 1 is 1.22 bits per heavy atom. The molecule has 0 bridgehead atoms. The summed E-state index contributed by atoms with van der Waals surface area (Å²) in [6, 6.07) is 0.270. The van der Waals surface area contributed by atoms with Gasteiger partial charge in [-0.3, -0.25) is 9.59 Å². The molecule has 1 unspecified atom stereocenters. The normalized spacial score (nSPS) is 14.1. The molecule has 0 aromatic carbocycles. The van der Waals surface area contributed by atoms with E-state index in [4.69, 9.17) is 0 Å². The number of carbonyl (C=O) groups is 2. The van der Waals surface area contributed by atoms with E-state index in [0.29, 0.717) is 0 Å². The lowest BCUT2D eigenvalue weighted by molar-refractivity contribution is -0.151. The van der Waals surface area contributed by atoms with Crippen LogP contribution < -0.4 is 10.6 Å². The molecule has 0 spiro atoms. The molecule has 0 aromatic heterocycles. The first-order valence-corrected chi connectivity index (χ1v) is 6.32. The van der Waals surface area contributed by atoms with Gasteiger partial charge in [-0.1, -0.05) is 6.92 Å². The topological polar surface area (TPSA) is 78.4 Å². The Balaban J connectivity index is 4.50. The lowest BCUT2D eigenvalue weighted by Crippen LogP contribution is -2.58. The van der Waals surface area contributed by atoms with Gasteiger partial charge in [0.15, 0.2) is 0 Å². The van der Waals surface area contributed by atoms with Crippen LogP contribution in [0, 0.1) is 5.41 Å². The van der Waals surface area contributed by atoms with Gasteiger partial charge in [0.1, 0.15) is 0 Å². The second-order valence-electron chi connectivity index (χ2n) is 5.79. The summed E-state index contributed by atoms with van der Waals surface area (Å²) in [5, 5.41) is 15.0. The number of hydrogen-bond acceptors (Lipinski definition) is 3. The predicted octanol–water partition coefficient (Wildman–Crippen LogP) is 1.38. The summed E-state index contributed by atoms with van der Waals surface area (Å²) >= 11 is 0. The first kappa shape index (κ1) is 16.9. The van der Waals surface area contributed by atoms with Crippen LogP contribution in [-0.4, -0.2) is 35.1 Å². The predicted molar refractivity (Wildman–Crippen MR) is 71.4 cm³/mol. The minimum absolute atomic E-state index is 0.186. The van der Waals surface area contributed by atoms with Crippen molar-refractivity contribution in [1.82, 2.24) is 10.6 Å². The number of carbonyl (C=O) groups excluding carboxylic acids is 1. The molecule has 5 nitrogen and oxygen atoms in total. The third-order valence-corrected chi connectivity index (χ3v) is 3.77. The SMILES string of the molecule is CCC(C)NCC(=O)NC(C)(C)C(C)(C)C(=O)O. The van der Waals surface area contributed by atoms with E-state index in [2.05, 4.69) is 10.6 Å². The Bertz CT molecular complexity index is 311. The largest absolute Gasteiger partial charge is 0.481 e. The van der Waals surface area contributed by atoms with E-state index in [-0.39, 0.29) is 18.5 Å². The second kappa shape index (κ2) is 6.18. The molecule has 0 heterocycles. The molecule has 0 saturated carbocycles. The maximum Gasteiger partial charge on any atom is 0.311 e. The van der Waals surface area contributed by atoms with Crippen molar-refractivity contribution < 1.29 is 14.7 Å². The Hall–Kier alpha value is -1.10. The van der Waals surface area contributed by atoms with Gasteiger partial charge in [0, 0.05) is 6.04 Å². The lowest BCUT2D eigenvalue weighted by atomic mass is 9.74. The number of hydrogen-bond donors (Lipinski definition) is 3. The van der Waals surface area contributed by atoms with Crippen LogP contribution in [0.25, 0.3) is 0 Å². The van der Waals surface area contributed by atoms with Gasteiger partial charge >= 0.3 is 5.97 Å². The van der Waals surface area contributed by atoms with E-state index < -0.39 is 16.9 Å². The lowest BCUT2D eigenvalue weighted by Gasteiger charge is -2.38. The van der Waals surface area contributed by atoms with Crippen LogP contribution in [-0.2, 0) is 9.59 Å². The maximum absolute atomic E-state index is 11.8. The van der Waals surface area contributed by atoms with Crippen LogP contribution in [0.1, 0.15) is 48.0 Å². The van der Waals surface area contributed by atoms with Crippen molar-refractivity contribution in [3.05, 3.63) is 0 Å². The van der Waals surface area contributed by atoms with Gasteiger partial charge in [-0.15, -0.1) is 0 Å². The molecular weight excluding hydrogens is 232 g/mol. The molecule has 18 heavy (non-hydrogen) atoms. The van der Waals surface area contributed by atoms with Crippen LogP contribution in [0.5, 0.6) is 0 Å². The third-order valence-electron chi connectivity index (χ3n) is 3.77. The minimum Gasteiger partial charge on any atom is -0.481 e. The molecule has 5 heteroatoms. The third kappa shape index (κ3) is 4.29. The van der Waals surface area contributed by atoms with E-state index >= 15 is 0 Å². The highest BCUT2D eigenvalue weighted by atomic mass is 16.4. The molecule has 3 N–H and O–H groups in total. The van der Waals surface area contributed by atoms with E-state index in [1.807, 2.05) is 13.8 Å². The van der Waals surface area contributed by atoms with Gasteiger partial charge in [-0.25, -0.2) is 0 Å². The number of carboxylic acids is 1. The Morgan fingerprint density at radius 2 is 1.72 bits per heavy atom. The number of rotatable bonds is 7. The summed E-state index contributed by atoms with van der Waals surface area (Å²) in [6.45, 7) is 10.9. The van der Waals surface area contributed by atoms with Crippen LogP contribution in [0.4, 0.5) is 0 Å². The van der Waals surface area contributed by atoms with Gasteiger partial charge in [0.2, 0.25) is 5.91 Å². The monoisotopic (exact) mass is 258 g/mol. The van der Waals surface area contributed by atoms with Crippen molar-refractivity contribution >= 4 is 11.9 Å². The molecule has 0 aliphatic carbocycles. The van der Waals surface area contributed by atoms with E-state index in [0.717, 1.165) is 6.42 Å². The van der Waals surface area contributed by atoms with Crippen molar-refractivity contribution in [2.75, 3.05) is 6.54 Å². The quantitative estimate of drug-likeness (QED) is 0.644. The number of aliphatic carboxylic acids is 1. The zero-order chi connectivity index (χ0) is 14.6. The van der Waals surface area contributed by atoms with Crippen molar-refractivity contribution in [2.45, 2.75) is 59.5 Å². The standard InChI is InChI=1S/C13H26N2O3/c1-7-9(2)14-8-10(16)15-13(5,6)12(3,4)11(17)18/h9,14H,7-8H2,1-6H3,(H,15,16)(H,17,18). The van der Waals surface area contributed by atoms with Crippen LogP contribution >= 0.6 is 0 Å². The van der Waals surface area contributed by atoms with Crippen molar-refractivity contribution in [3.8, 4) is 0 Å². The molecule has 0 radical (unpaired) electrons. The molecule has 0 saturated heterocycles. The summed E-state index contributed by atoms with van der Waals surface area (Å²) in [5.74, 6) is -1.11.